The van der Waals surface area contributed by atoms with Crippen molar-refractivity contribution in [3.8, 4) is 17.1 Å². The molecule has 22 heavy (non-hydrogen) atoms. The van der Waals surface area contributed by atoms with Gasteiger partial charge in [-0.1, -0.05) is 12.1 Å². The fraction of sp³-hybridized carbons (Fsp3) is 0.267. The van der Waals surface area contributed by atoms with Crippen molar-refractivity contribution in [2.75, 3.05) is 0 Å². The number of phenolic OH excluding ortho intramolecular Hbond substituents is 1. The number of aromatic nitrogens is 2. The second-order valence-electron chi connectivity index (χ2n) is 5.18. The summed E-state index contributed by atoms with van der Waals surface area (Å²) in [6.45, 7) is 0.475. The van der Waals surface area contributed by atoms with Crippen LogP contribution in [0.4, 0.5) is 0 Å². The number of para-hydroxylation sites is 1. The first kappa shape index (κ1) is 14.1. The molecule has 1 atom stereocenters. The molecule has 0 saturated carbocycles. The summed E-state index contributed by atoms with van der Waals surface area (Å²) in [6.07, 6.45) is 0.988. The average molecular weight is 302 g/mol. The molecular weight excluding hydrogens is 288 g/mol. The highest BCUT2D eigenvalue weighted by Crippen LogP contribution is 2.37. The number of fused-ring (bicyclic) bond motifs is 1. The van der Waals surface area contributed by atoms with Crippen LogP contribution >= 0.6 is 0 Å². The third-order valence-electron chi connectivity index (χ3n) is 3.86. The summed E-state index contributed by atoms with van der Waals surface area (Å²) in [6, 6.07) is 6.46. The molecule has 0 fully saturated rings. The van der Waals surface area contributed by atoms with Gasteiger partial charge < -0.3 is 19.9 Å². The van der Waals surface area contributed by atoms with Crippen LogP contribution < -0.4 is 0 Å². The van der Waals surface area contributed by atoms with E-state index in [1.54, 1.807) is 22.8 Å². The van der Waals surface area contributed by atoms with Gasteiger partial charge in [-0.3, -0.25) is 4.79 Å². The molecule has 0 bridgehead atoms. The monoisotopic (exact) mass is 302 g/mol. The van der Waals surface area contributed by atoms with E-state index in [0.717, 1.165) is 0 Å². The van der Waals surface area contributed by atoms with Crippen LogP contribution in [0.1, 0.15) is 34.9 Å². The second kappa shape index (κ2) is 5.18. The molecule has 1 aliphatic rings. The third kappa shape index (κ3) is 2.11. The number of carboxylic acids is 2. The van der Waals surface area contributed by atoms with Crippen molar-refractivity contribution in [2.45, 2.75) is 25.3 Å². The summed E-state index contributed by atoms with van der Waals surface area (Å²) in [5.41, 5.74) is 0.331. The predicted octanol–water partition coefficient (Wildman–Crippen LogP) is 1.92. The zero-order valence-electron chi connectivity index (χ0n) is 11.6. The minimum Gasteiger partial charge on any atom is -0.507 e. The number of rotatable bonds is 3. The number of aromatic carboxylic acids is 1. The van der Waals surface area contributed by atoms with Crippen LogP contribution in [-0.2, 0) is 11.3 Å². The Balaban J connectivity index is 2.27. The number of benzene rings is 1. The highest BCUT2D eigenvalue weighted by molar-refractivity contribution is 5.91. The molecule has 3 N–H and O–H groups in total. The fourth-order valence-corrected chi connectivity index (χ4v) is 2.90. The Morgan fingerprint density at radius 3 is 2.59 bits per heavy atom. The molecule has 2 heterocycles. The molecule has 0 spiro atoms. The van der Waals surface area contributed by atoms with E-state index in [9.17, 15) is 24.9 Å². The number of phenols is 1. The molecular formula is C15H14N2O5. The number of hydrogen-bond acceptors (Lipinski definition) is 4. The van der Waals surface area contributed by atoms with E-state index in [0.29, 0.717) is 24.9 Å². The summed E-state index contributed by atoms with van der Waals surface area (Å²) < 4.78 is 1.60. The Labute approximate surface area is 125 Å². The van der Waals surface area contributed by atoms with Gasteiger partial charge in [0.05, 0.1) is 17.2 Å². The van der Waals surface area contributed by atoms with E-state index < -0.39 is 17.9 Å². The van der Waals surface area contributed by atoms with Gasteiger partial charge in [0.15, 0.2) is 5.69 Å². The van der Waals surface area contributed by atoms with E-state index in [2.05, 4.69) is 4.98 Å². The largest absolute Gasteiger partial charge is 0.507 e. The van der Waals surface area contributed by atoms with Crippen LogP contribution in [0, 0.1) is 0 Å². The Morgan fingerprint density at radius 1 is 1.23 bits per heavy atom. The maximum Gasteiger partial charge on any atom is 0.356 e. The van der Waals surface area contributed by atoms with Crippen LogP contribution in [0.2, 0.25) is 0 Å². The first-order valence-corrected chi connectivity index (χ1v) is 6.85. The number of carbonyl (C=O) groups is 2. The fourth-order valence-electron chi connectivity index (χ4n) is 2.90. The van der Waals surface area contributed by atoms with Crippen LogP contribution in [0.3, 0.4) is 0 Å². The van der Waals surface area contributed by atoms with E-state index >= 15 is 0 Å². The Morgan fingerprint density at radius 2 is 1.95 bits per heavy atom. The van der Waals surface area contributed by atoms with Crippen LogP contribution in [0.5, 0.6) is 5.75 Å². The first-order valence-electron chi connectivity index (χ1n) is 6.85. The van der Waals surface area contributed by atoms with Crippen molar-refractivity contribution in [2.24, 2.45) is 0 Å². The maximum atomic E-state index is 11.4. The highest BCUT2D eigenvalue weighted by atomic mass is 16.4. The molecule has 0 saturated heterocycles. The molecule has 0 radical (unpaired) electrons. The van der Waals surface area contributed by atoms with Crippen molar-refractivity contribution < 1.29 is 24.9 Å². The molecule has 7 heteroatoms. The van der Waals surface area contributed by atoms with Crippen molar-refractivity contribution >= 4 is 11.9 Å². The molecule has 1 aromatic carbocycles. The lowest BCUT2D eigenvalue weighted by molar-refractivity contribution is -0.139. The normalized spacial score (nSPS) is 17.0. The Hall–Kier alpha value is -2.83. The quantitative estimate of drug-likeness (QED) is 0.798. The summed E-state index contributed by atoms with van der Waals surface area (Å²) in [7, 11) is 0. The zero-order chi connectivity index (χ0) is 15.9. The van der Waals surface area contributed by atoms with Crippen molar-refractivity contribution in [3.63, 3.8) is 0 Å². The van der Waals surface area contributed by atoms with Crippen LogP contribution in [0.15, 0.2) is 24.3 Å². The van der Waals surface area contributed by atoms with Gasteiger partial charge in [0, 0.05) is 6.54 Å². The Bertz CT molecular complexity index is 765. The Kier molecular flexibility index (Phi) is 3.32. The minimum atomic E-state index is -1.27. The van der Waals surface area contributed by atoms with Crippen LogP contribution in [-0.4, -0.2) is 36.8 Å². The number of imidazole rings is 1. The lowest BCUT2D eigenvalue weighted by Crippen LogP contribution is -2.24. The standard InChI is InChI=1S/C15H14N2O5/c18-10-6-2-1-4-8(10)13-16-11(15(21)22)12-9(14(19)20)5-3-7-17(12)13/h1-2,4,6,9,18H,3,5,7H2,(H,19,20)(H,21,22). The molecule has 7 nitrogen and oxygen atoms in total. The molecule has 0 amide bonds. The number of nitrogens with zero attached hydrogens (tertiary/aromatic N) is 2. The number of aliphatic carboxylic acids is 1. The lowest BCUT2D eigenvalue weighted by Gasteiger charge is -2.23. The second-order valence-corrected chi connectivity index (χ2v) is 5.18. The van der Waals surface area contributed by atoms with Gasteiger partial charge in [-0.2, -0.15) is 0 Å². The average Bonchev–Trinajstić information content (AvgIpc) is 2.87. The van der Waals surface area contributed by atoms with E-state index in [4.69, 9.17) is 0 Å². The van der Waals surface area contributed by atoms with Gasteiger partial charge in [-0.25, -0.2) is 9.78 Å². The van der Waals surface area contributed by atoms with Gasteiger partial charge in [-0.15, -0.1) is 0 Å². The van der Waals surface area contributed by atoms with Gasteiger partial charge >= 0.3 is 11.9 Å². The lowest BCUT2D eigenvalue weighted by atomic mass is 9.94. The predicted molar refractivity (Wildman–Crippen MR) is 75.9 cm³/mol. The summed E-state index contributed by atoms with van der Waals surface area (Å²) >= 11 is 0. The summed E-state index contributed by atoms with van der Waals surface area (Å²) in [5.74, 6) is -2.96. The minimum absolute atomic E-state index is 0.0234. The molecule has 0 aliphatic carbocycles. The SMILES string of the molecule is O=C(O)c1nc(-c2ccccc2O)n2c1C(C(=O)O)CCC2. The highest BCUT2D eigenvalue weighted by Gasteiger charge is 2.35. The summed E-state index contributed by atoms with van der Waals surface area (Å²) in [4.78, 5) is 27.0. The van der Waals surface area contributed by atoms with Crippen molar-refractivity contribution in [1.82, 2.24) is 9.55 Å². The number of aromatic hydroxyl groups is 1. The van der Waals surface area contributed by atoms with Crippen molar-refractivity contribution in [3.05, 3.63) is 35.7 Å². The zero-order valence-corrected chi connectivity index (χ0v) is 11.6. The van der Waals surface area contributed by atoms with Gasteiger partial charge in [0.25, 0.3) is 0 Å². The molecule has 1 aliphatic heterocycles. The molecule has 2 aromatic rings. The smallest absolute Gasteiger partial charge is 0.356 e. The van der Waals surface area contributed by atoms with E-state index in [-0.39, 0.29) is 23.0 Å². The van der Waals surface area contributed by atoms with E-state index in [1.807, 2.05) is 0 Å². The molecule has 114 valence electrons. The van der Waals surface area contributed by atoms with Gasteiger partial charge in [0.2, 0.25) is 0 Å². The van der Waals surface area contributed by atoms with Crippen LogP contribution in [0.25, 0.3) is 11.4 Å². The van der Waals surface area contributed by atoms with E-state index in [1.165, 1.54) is 6.07 Å². The molecule has 3 rings (SSSR count). The van der Waals surface area contributed by atoms with Gasteiger partial charge in [-0.05, 0) is 25.0 Å². The third-order valence-corrected chi connectivity index (χ3v) is 3.86. The molecule has 1 aromatic heterocycles. The number of hydrogen-bond donors (Lipinski definition) is 3. The molecule has 1 unspecified atom stereocenters. The first-order chi connectivity index (χ1) is 10.5. The van der Waals surface area contributed by atoms with Gasteiger partial charge in [0.1, 0.15) is 11.6 Å². The topological polar surface area (TPSA) is 113 Å². The van der Waals surface area contributed by atoms with Crippen molar-refractivity contribution in [1.29, 1.82) is 0 Å². The maximum absolute atomic E-state index is 11.4. The number of carboxylic acid groups (broad SMARTS) is 2. The summed E-state index contributed by atoms with van der Waals surface area (Å²) in [5, 5.41) is 28.7.